The van der Waals surface area contributed by atoms with Crippen LogP contribution in [-0.4, -0.2) is 32.1 Å². The van der Waals surface area contributed by atoms with E-state index < -0.39 is 17.8 Å². The number of carbonyl (C=O) groups is 1. The topological polar surface area (TPSA) is 47.6 Å². The Morgan fingerprint density at radius 3 is 2.48 bits per heavy atom. The first kappa shape index (κ1) is 19.0. The lowest BCUT2D eigenvalue weighted by molar-refractivity contribution is -0.105. The number of halogens is 3. The second-order valence-electron chi connectivity index (χ2n) is 4.92. The molecule has 0 aromatic heterocycles. The van der Waals surface area contributed by atoms with Gasteiger partial charge in [0.2, 0.25) is 0 Å². The van der Waals surface area contributed by atoms with Crippen LogP contribution in [-0.2, 0) is 0 Å². The molecule has 0 spiro atoms. The monoisotopic (exact) mass is 371 g/mol. The predicted octanol–water partition coefficient (Wildman–Crippen LogP) is 4.61. The summed E-state index contributed by atoms with van der Waals surface area (Å²) in [5.74, 6) is -0.747. The molecule has 0 atom stereocenters. The van der Waals surface area contributed by atoms with Crippen LogP contribution in [0.25, 0.3) is 0 Å². The van der Waals surface area contributed by atoms with Crippen LogP contribution in [0.1, 0.15) is 10.4 Å². The van der Waals surface area contributed by atoms with Crippen LogP contribution in [0.5, 0.6) is 11.5 Å². The molecule has 4 nitrogen and oxygen atoms in total. The Morgan fingerprint density at radius 2 is 1.84 bits per heavy atom. The summed E-state index contributed by atoms with van der Waals surface area (Å²) in [4.78, 5) is 12.9. The molecule has 25 heavy (non-hydrogen) atoms. The van der Waals surface area contributed by atoms with Crippen LogP contribution >= 0.6 is 11.8 Å². The van der Waals surface area contributed by atoms with Crippen molar-refractivity contribution in [1.29, 1.82) is 0 Å². The van der Waals surface area contributed by atoms with Gasteiger partial charge in [0.1, 0.15) is 11.5 Å². The number of hydrogen-bond donors (Lipinski definition) is 1. The van der Waals surface area contributed by atoms with Gasteiger partial charge < -0.3 is 14.8 Å². The van der Waals surface area contributed by atoms with Crippen molar-refractivity contribution in [2.75, 3.05) is 25.3 Å². The fourth-order valence-electron chi connectivity index (χ4n) is 2.04. The van der Waals surface area contributed by atoms with Gasteiger partial charge in [0.15, 0.2) is 0 Å². The number of ether oxygens (including phenoxy) is 2. The summed E-state index contributed by atoms with van der Waals surface area (Å²) in [7, 11) is 2.89. The third-order valence-corrected chi connectivity index (χ3v) is 4.32. The van der Waals surface area contributed by atoms with Gasteiger partial charge in [-0.05, 0) is 30.3 Å². The number of anilines is 1. The van der Waals surface area contributed by atoms with E-state index >= 15 is 0 Å². The number of thioether (sulfide) groups is 1. The Bertz CT molecular complexity index is 750. The average molecular weight is 371 g/mol. The molecule has 2 rings (SSSR count). The zero-order valence-corrected chi connectivity index (χ0v) is 14.3. The van der Waals surface area contributed by atoms with Gasteiger partial charge in [0.25, 0.3) is 5.91 Å². The Morgan fingerprint density at radius 1 is 1.12 bits per heavy atom. The molecule has 1 N–H and O–H groups in total. The SMILES string of the molecule is COc1ccc(OC)c(C(=O)Nc2ccccc2SCC(F)(F)F)c1. The first-order chi connectivity index (χ1) is 11.8. The molecule has 2 aromatic rings. The highest BCUT2D eigenvalue weighted by Crippen LogP contribution is 2.33. The summed E-state index contributed by atoms with van der Waals surface area (Å²) >= 11 is 0.613. The van der Waals surface area contributed by atoms with Gasteiger partial charge in [-0.25, -0.2) is 0 Å². The number of nitrogens with one attached hydrogen (secondary N) is 1. The van der Waals surface area contributed by atoms with E-state index in [1.54, 1.807) is 30.3 Å². The molecule has 0 radical (unpaired) electrons. The predicted molar refractivity (Wildman–Crippen MR) is 90.7 cm³/mol. The zero-order chi connectivity index (χ0) is 18.4. The smallest absolute Gasteiger partial charge is 0.398 e. The van der Waals surface area contributed by atoms with E-state index in [1.165, 1.54) is 26.4 Å². The molecular formula is C17H16F3NO3S. The van der Waals surface area contributed by atoms with Crippen molar-refractivity contribution >= 4 is 23.4 Å². The molecule has 0 fully saturated rings. The second kappa shape index (κ2) is 8.15. The van der Waals surface area contributed by atoms with E-state index in [2.05, 4.69) is 5.32 Å². The lowest BCUT2D eigenvalue weighted by atomic mass is 10.1. The van der Waals surface area contributed by atoms with E-state index in [1.807, 2.05) is 0 Å². The van der Waals surface area contributed by atoms with Crippen LogP contribution in [0.3, 0.4) is 0 Å². The minimum Gasteiger partial charge on any atom is -0.497 e. The molecule has 0 bridgehead atoms. The molecular weight excluding hydrogens is 355 g/mol. The van der Waals surface area contributed by atoms with Crippen LogP contribution in [0.4, 0.5) is 18.9 Å². The maximum Gasteiger partial charge on any atom is 0.398 e. The van der Waals surface area contributed by atoms with Crippen LogP contribution in [0.2, 0.25) is 0 Å². The van der Waals surface area contributed by atoms with Gasteiger partial charge in [-0.15, -0.1) is 11.8 Å². The number of amides is 1. The quantitative estimate of drug-likeness (QED) is 0.754. The van der Waals surface area contributed by atoms with Crippen molar-refractivity contribution < 1.29 is 27.4 Å². The Hall–Kier alpha value is -2.35. The van der Waals surface area contributed by atoms with Crippen molar-refractivity contribution in [3.63, 3.8) is 0 Å². The van der Waals surface area contributed by atoms with E-state index in [4.69, 9.17) is 9.47 Å². The molecule has 134 valence electrons. The van der Waals surface area contributed by atoms with E-state index in [0.717, 1.165) is 0 Å². The van der Waals surface area contributed by atoms with Crippen molar-refractivity contribution in [3.8, 4) is 11.5 Å². The zero-order valence-electron chi connectivity index (χ0n) is 13.5. The average Bonchev–Trinajstić information content (AvgIpc) is 2.59. The maximum absolute atomic E-state index is 12.5. The number of para-hydroxylation sites is 1. The lowest BCUT2D eigenvalue weighted by Crippen LogP contribution is -2.15. The van der Waals surface area contributed by atoms with E-state index in [9.17, 15) is 18.0 Å². The molecule has 0 aliphatic rings. The number of hydrogen-bond acceptors (Lipinski definition) is 4. The molecule has 1 amide bonds. The fraction of sp³-hybridized carbons (Fsp3) is 0.235. The van der Waals surface area contributed by atoms with E-state index in [0.29, 0.717) is 33.8 Å². The third-order valence-electron chi connectivity index (χ3n) is 3.18. The fourth-order valence-corrected chi connectivity index (χ4v) is 2.81. The standard InChI is InChI=1S/C17H16F3NO3S/c1-23-11-7-8-14(24-2)12(9-11)16(22)21-13-5-3-4-6-15(13)25-10-17(18,19)20/h3-9H,10H2,1-2H3,(H,21,22). The van der Waals surface area contributed by atoms with Crippen LogP contribution in [0.15, 0.2) is 47.4 Å². The molecule has 2 aromatic carbocycles. The molecule has 8 heteroatoms. The summed E-state index contributed by atoms with van der Waals surface area (Å²) in [5.41, 5.74) is 0.518. The number of benzene rings is 2. The molecule has 0 aliphatic carbocycles. The summed E-state index contributed by atoms with van der Waals surface area (Å²) in [6.45, 7) is 0. The van der Waals surface area contributed by atoms with E-state index in [-0.39, 0.29) is 5.56 Å². The first-order valence-corrected chi connectivity index (χ1v) is 8.14. The maximum atomic E-state index is 12.5. The number of carbonyl (C=O) groups excluding carboxylic acids is 1. The van der Waals surface area contributed by atoms with Crippen molar-refractivity contribution in [3.05, 3.63) is 48.0 Å². The van der Waals surface area contributed by atoms with Gasteiger partial charge in [0.05, 0.1) is 31.2 Å². The minimum atomic E-state index is -4.29. The number of rotatable bonds is 6. The summed E-state index contributed by atoms with van der Waals surface area (Å²) < 4.78 is 47.6. The second-order valence-corrected chi connectivity index (χ2v) is 5.94. The lowest BCUT2D eigenvalue weighted by Gasteiger charge is -2.14. The van der Waals surface area contributed by atoms with Gasteiger partial charge in [-0.1, -0.05) is 12.1 Å². The Kier molecular flexibility index (Phi) is 6.19. The van der Waals surface area contributed by atoms with Gasteiger partial charge >= 0.3 is 6.18 Å². The summed E-state index contributed by atoms with van der Waals surface area (Å²) in [6.07, 6.45) is -4.29. The Balaban J connectivity index is 2.24. The van der Waals surface area contributed by atoms with Crippen molar-refractivity contribution in [1.82, 2.24) is 0 Å². The summed E-state index contributed by atoms with van der Waals surface area (Å²) in [6, 6.07) is 11.0. The van der Waals surface area contributed by atoms with Crippen molar-refractivity contribution in [2.24, 2.45) is 0 Å². The normalized spacial score (nSPS) is 11.1. The molecule has 0 aliphatic heterocycles. The molecule has 0 saturated heterocycles. The van der Waals surface area contributed by atoms with Crippen LogP contribution < -0.4 is 14.8 Å². The summed E-state index contributed by atoms with van der Waals surface area (Å²) in [5, 5.41) is 2.63. The molecule has 0 heterocycles. The molecule has 0 saturated carbocycles. The molecule has 0 unspecified atom stereocenters. The van der Waals surface area contributed by atoms with Crippen LogP contribution in [0, 0.1) is 0 Å². The van der Waals surface area contributed by atoms with Gasteiger partial charge in [0, 0.05) is 4.90 Å². The highest BCUT2D eigenvalue weighted by Gasteiger charge is 2.28. The van der Waals surface area contributed by atoms with Crippen molar-refractivity contribution in [2.45, 2.75) is 11.1 Å². The number of methoxy groups -OCH3 is 2. The van der Waals surface area contributed by atoms with Gasteiger partial charge in [-0.2, -0.15) is 13.2 Å². The first-order valence-electron chi connectivity index (χ1n) is 7.16. The number of alkyl halides is 3. The third kappa shape index (κ3) is 5.32. The highest BCUT2D eigenvalue weighted by atomic mass is 32.2. The largest absolute Gasteiger partial charge is 0.497 e. The Labute approximate surface area is 147 Å². The highest BCUT2D eigenvalue weighted by molar-refractivity contribution is 7.99. The minimum absolute atomic E-state index is 0.220. The van der Waals surface area contributed by atoms with Gasteiger partial charge in [-0.3, -0.25) is 4.79 Å².